The Morgan fingerprint density at radius 3 is 2.79 bits per heavy atom. The minimum atomic E-state index is 0.0467. The Morgan fingerprint density at radius 1 is 1.37 bits per heavy atom. The number of aromatic nitrogens is 1. The lowest BCUT2D eigenvalue weighted by Crippen LogP contribution is -2.20. The molecule has 0 amide bonds. The minimum absolute atomic E-state index is 0.0467. The lowest BCUT2D eigenvalue weighted by molar-refractivity contribution is 0.675. The van der Waals surface area contributed by atoms with E-state index in [4.69, 9.17) is 5.73 Å². The van der Waals surface area contributed by atoms with Crippen LogP contribution in [-0.2, 0) is 6.42 Å². The molecule has 0 aliphatic rings. The monoisotopic (exact) mass is 275 g/mol. The number of anilines is 1. The molecule has 0 fully saturated rings. The van der Waals surface area contributed by atoms with Crippen molar-refractivity contribution in [3.8, 4) is 0 Å². The van der Waals surface area contributed by atoms with Crippen molar-refractivity contribution >= 4 is 17.0 Å². The molecular formula is C15H21N3S. The zero-order chi connectivity index (χ0) is 13.7. The first-order valence-corrected chi connectivity index (χ1v) is 7.53. The number of nitrogens with two attached hydrogens (primary N) is 1. The molecule has 0 spiro atoms. The smallest absolute Gasteiger partial charge is 0.0572 e. The predicted molar refractivity (Wildman–Crippen MR) is 82.7 cm³/mol. The van der Waals surface area contributed by atoms with Gasteiger partial charge in [0, 0.05) is 24.5 Å². The van der Waals surface area contributed by atoms with Crippen LogP contribution in [0, 0.1) is 0 Å². The maximum Gasteiger partial charge on any atom is 0.0572 e. The van der Waals surface area contributed by atoms with Crippen molar-refractivity contribution in [3.05, 3.63) is 46.4 Å². The lowest BCUT2D eigenvalue weighted by Gasteiger charge is -2.19. The van der Waals surface area contributed by atoms with Crippen LogP contribution in [0.4, 0.5) is 5.69 Å². The van der Waals surface area contributed by atoms with Gasteiger partial charge in [0.25, 0.3) is 0 Å². The molecule has 0 saturated heterocycles. The van der Waals surface area contributed by atoms with Crippen LogP contribution in [0.25, 0.3) is 0 Å². The van der Waals surface area contributed by atoms with Crippen molar-refractivity contribution in [3.63, 3.8) is 0 Å². The molecule has 1 atom stereocenters. The van der Waals surface area contributed by atoms with Gasteiger partial charge in [0.05, 0.1) is 17.6 Å². The van der Waals surface area contributed by atoms with Crippen molar-refractivity contribution in [2.75, 3.05) is 18.5 Å². The van der Waals surface area contributed by atoms with Crippen LogP contribution in [0.15, 0.2) is 35.8 Å². The van der Waals surface area contributed by atoms with Crippen molar-refractivity contribution in [2.45, 2.75) is 25.8 Å². The Balaban J connectivity index is 1.93. The average Bonchev–Trinajstić information content (AvgIpc) is 2.97. The number of nitrogens with zero attached hydrogens (tertiary/aromatic N) is 2. The number of hydrogen-bond acceptors (Lipinski definition) is 4. The highest BCUT2D eigenvalue weighted by Crippen LogP contribution is 2.17. The molecule has 2 N–H and O–H groups in total. The maximum atomic E-state index is 5.97. The summed E-state index contributed by atoms with van der Waals surface area (Å²) < 4.78 is 0. The second-order valence-corrected chi connectivity index (χ2v) is 5.74. The van der Waals surface area contributed by atoms with Crippen LogP contribution >= 0.6 is 11.3 Å². The third-order valence-electron chi connectivity index (χ3n) is 3.30. The van der Waals surface area contributed by atoms with Crippen molar-refractivity contribution in [2.24, 2.45) is 5.73 Å². The van der Waals surface area contributed by atoms with Gasteiger partial charge in [-0.3, -0.25) is 4.98 Å². The van der Waals surface area contributed by atoms with Crippen LogP contribution in [0.5, 0.6) is 0 Å². The summed E-state index contributed by atoms with van der Waals surface area (Å²) in [6.45, 7) is 3.08. The number of thiophene rings is 1. The molecule has 0 aliphatic carbocycles. The lowest BCUT2D eigenvalue weighted by atomic mass is 10.1. The largest absolute Gasteiger partial charge is 0.373 e. The summed E-state index contributed by atoms with van der Waals surface area (Å²) in [4.78, 5) is 8.10. The Labute approximate surface area is 119 Å². The van der Waals surface area contributed by atoms with Crippen LogP contribution in [0.3, 0.4) is 0 Å². The quantitative estimate of drug-likeness (QED) is 0.880. The van der Waals surface area contributed by atoms with Gasteiger partial charge in [-0.2, -0.15) is 0 Å². The fourth-order valence-electron chi connectivity index (χ4n) is 1.91. The van der Waals surface area contributed by atoms with E-state index in [1.165, 1.54) is 4.88 Å². The fraction of sp³-hybridized carbons (Fsp3) is 0.400. The Kier molecular flexibility index (Phi) is 4.93. The first kappa shape index (κ1) is 14.0. The summed E-state index contributed by atoms with van der Waals surface area (Å²) in [5.74, 6) is 0. The zero-order valence-electron chi connectivity index (χ0n) is 11.5. The van der Waals surface area contributed by atoms with E-state index in [-0.39, 0.29) is 6.04 Å². The van der Waals surface area contributed by atoms with Gasteiger partial charge in [0.1, 0.15) is 0 Å². The molecular weight excluding hydrogens is 254 g/mol. The number of pyridine rings is 1. The van der Waals surface area contributed by atoms with Gasteiger partial charge in [-0.1, -0.05) is 13.0 Å². The van der Waals surface area contributed by atoms with Crippen molar-refractivity contribution in [1.29, 1.82) is 0 Å². The van der Waals surface area contributed by atoms with Gasteiger partial charge >= 0.3 is 0 Å². The molecule has 2 aromatic rings. The van der Waals surface area contributed by atoms with E-state index in [1.807, 2.05) is 23.6 Å². The van der Waals surface area contributed by atoms with E-state index in [0.29, 0.717) is 0 Å². The van der Waals surface area contributed by atoms with E-state index < -0.39 is 0 Å². The molecule has 2 rings (SSSR count). The van der Waals surface area contributed by atoms with Gasteiger partial charge in [0.15, 0.2) is 0 Å². The van der Waals surface area contributed by atoms with E-state index in [1.54, 1.807) is 0 Å². The molecule has 102 valence electrons. The average molecular weight is 275 g/mol. The number of rotatable bonds is 6. The molecule has 2 aromatic heterocycles. The maximum absolute atomic E-state index is 5.97. The Morgan fingerprint density at radius 2 is 2.21 bits per heavy atom. The standard InChI is InChI=1S/C15H21N3S/c1-3-14(16)15-7-6-12(11-17-15)18(2)9-8-13-5-4-10-19-13/h4-7,10-11,14H,3,8-9,16H2,1-2H3/t14-/m0/s1. The van der Waals surface area contributed by atoms with Crippen molar-refractivity contribution in [1.82, 2.24) is 4.98 Å². The van der Waals surface area contributed by atoms with Gasteiger partial charge in [-0.15, -0.1) is 11.3 Å². The van der Waals surface area contributed by atoms with Crippen LogP contribution in [0.2, 0.25) is 0 Å². The van der Waals surface area contributed by atoms with E-state index in [9.17, 15) is 0 Å². The van der Waals surface area contributed by atoms with Crippen LogP contribution < -0.4 is 10.6 Å². The molecule has 0 radical (unpaired) electrons. The highest BCUT2D eigenvalue weighted by Gasteiger charge is 2.06. The number of hydrogen-bond donors (Lipinski definition) is 1. The van der Waals surface area contributed by atoms with E-state index in [0.717, 1.165) is 30.8 Å². The number of likely N-dealkylation sites (N-methyl/N-ethyl adjacent to an activating group) is 1. The molecule has 3 nitrogen and oxygen atoms in total. The van der Waals surface area contributed by atoms with Gasteiger partial charge in [0.2, 0.25) is 0 Å². The molecule has 0 aliphatic heterocycles. The topological polar surface area (TPSA) is 42.1 Å². The molecule has 19 heavy (non-hydrogen) atoms. The first-order chi connectivity index (χ1) is 9.20. The summed E-state index contributed by atoms with van der Waals surface area (Å²) in [6.07, 6.45) is 3.91. The summed E-state index contributed by atoms with van der Waals surface area (Å²) >= 11 is 1.81. The Hall–Kier alpha value is -1.39. The van der Waals surface area contributed by atoms with Gasteiger partial charge in [-0.25, -0.2) is 0 Å². The van der Waals surface area contributed by atoms with E-state index in [2.05, 4.69) is 47.4 Å². The second-order valence-electron chi connectivity index (χ2n) is 4.71. The molecule has 0 bridgehead atoms. The van der Waals surface area contributed by atoms with Crippen molar-refractivity contribution < 1.29 is 0 Å². The first-order valence-electron chi connectivity index (χ1n) is 6.65. The zero-order valence-corrected chi connectivity index (χ0v) is 12.4. The SMILES string of the molecule is CC[C@H](N)c1ccc(N(C)CCc2cccs2)cn1. The van der Waals surface area contributed by atoms with Crippen LogP contribution in [-0.4, -0.2) is 18.6 Å². The normalized spacial score (nSPS) is 12.4. The molecule has 2 heterocycles. The third-order valence-corrected chi connectivity index (χ3v) is 4.24. The summed E-state index contributed by atoms with van der Waals surface area (Å²) in [5.41, 5.74) is 8.08. The van der Waals surface area contributed by atoms with E-state index >= 15 is 0 Å². The van der Waals surface area contributed by atoms with Crippen LogP contribution in [0.1, 0.15) is 30.0 Å². The summed E-state index contributed by atoms with van der Waals surface area (Å²) in [5, 5.41) is 2.12. The molecule has 4 heteroatoms. The summed E-state index contributed by atoms with van der Waals surface area (Å²) in [6, 6.07) is 8.46. The third kappa shape index (κ3) is 3.78. The Bertz CT molecular complexity index is 479. The molecule has 0 unspecified atom stereocenters. The van der Waals surface area contributed by atoms with Gasteiger partial charge in [-0.05, 0) is 36.4 Å². The van der Waals surface area contributed by atoms with Gasteiger partial charge < -0.3 is 10.6 Å². The second kappa shape index (κ2) is 6.68. The summed E-state index contributed by atoms with van der Waals surface area (Å²) in [7, 11) is 2.10. The highest BCUT2D eigenvalue weighted by molar-refractivity contribution is 7.09. The minimum Gasteiger partial charge on any atom is -0.373 e. The fourth-order valence-corrected chi connectivity index (χ4v) is 2.61. The molecule has 0 saturated carbocycles. The highest BCUT2D eigenvalue weighted by atomic mass is 32.1. The molecule has 0 aromatic carbocycles. The predicted octanol–water partition coefficient (Wildman–Crippen LogP) is 3.23.